The van der Waals surface area contributed by atoms with Gasteiger partial charge < -0.3 is 0 Å². The van der Waals surface area contributed by atoms with Gasteiger partial charge in [0.25, 0.3) is 6.10 Å². The largest absolute Gasteiger partial charge is 0.423 e. The van der Waals surface area contributed by atoms with Gasteiger partial charge in [0.05, 0.1) is 0 Å². The third-order valence-electron chi connectivity index (χ3n) is 0.919. The van der Waals surface area contributed by atoms with Gasteiger partial charge in [-0.05, 0) is 0 Å². The van der Waals surface area contributed by atoms with E-state index in [0.29, 0.717) is 0 Å². The quantitative estimate of drug-likeness (QED) is 0.664. The van der Waals surface area contributed by atoms with Crippen LogP contribution in [0.3, 0.4) is 0 Å². The SMILES string of the molecule is CC(F)(F)OC(C(F)(F)F)C(F)(F)F. The number of ether oxygens (including phenoxy) is 1. The molecular formula is C5H4F8O. The zero-order valence-corrected chi connectivity index (χ0v) is 6.51. The Kier molecular flexibility index (Phi) is 3.37. The van der Waals surface area contributed by atoms with Gasteiger partial charge in [0.1, 0.15) is 0 Å². The normalized spacial score (nSPS) is 15.0. The van der Waals surface area contributed by atoms with Crippen LogP contribution in [0.15, 0.2) is 0 Å². The number of rotatable bonds is 2. The van der Waals surface area contributed by atoms with Crippen molar-refractivity contribution in [1.29, 1.82) is 0 Å². The fourth-order valence-electron chi connectivity index (χ4n) is 0.526. The highest BCUT2D eigenvalue weighted by Crippen LogP contribution is 2.38. The first-order valence-corrected chi connectivity index (χ1v) is 3.03. The van der Waals surface area contributed by atoms with Crippen molar-refractivity contribution in [3.8, 4) is 0 Å². The average molecular weight is 232 g/mol. The Morgan fingerprint density at radius 3 is 1.14 bits per heavy atom. The second-order valence-corrected chi connectivity index (χ2v) is 2.39. The Morgan fingerprint density at radius 1 is 0.786 bits per heavy atom. The summed E-state index contributed by atoms with van der Waals surface area (Å²) in [4.78, 5) is 0. The van der Waals surface area contributed by atoms with Gasteiger partial charge in [0.2, 0.25) is 0 Å². The highest BCUT2D eigenvalue weighted by Gasteiger charge is 2.60. The lowest BCUT2D eigenvalue weighted by atomic mass is 10.3. The van der Waals surface area contributed by atoms with Crippen LogP contribution in [0.1, 0.15) is 6.92 Å². The van der Waals surface area contributed by atoms with E-state index in [4.69, 9.17) is 0 Å². The molecule has 0 rings (SSSR count). The molecule has 0 radical (unpaired) electrons. The van der Waals surface area contributed by atoms with Gasteiger partial charge in [-0.15, -0.1) is 0 Å². The van der Waals surface area contributed by atoms with E-state index in [1.165, 1.54) is 0 Å². The average Bonchev–Trinajstić information content (AvgIpc) is 1.75. The van der Waals surface area contributed by atoms with Gasteiger partial charge in [-0.25, -0.2) is 0 Å². The highest BCUT2D eigenvalue weighted by molar-refractivity contribution is 4.76. The maximum Gasteiger partial charge on any atom is 0.423 e. The monoisotopic (exact) mass is 232 g/mol. The van der Waals surface area contributed by atoms with E-state index in [0.717, 1.165) is 0 Å². The zero-order valence-electron chi connectivity index (χ0n) is 6.51. The van der Waals surface area contributed by atoms with Gasteiger partial charge in [-0.1, -0.05) is 0 Å². The second kappa shape index (κ2) is 3.52. The maximum atomic E-state index is 11.8. The third kappa shape index (κ3) is 4.58. The molecule has 0 N–H and O–H groups in total. The molecule has 0 saturated carbocycles. The fourth-order valence-corrected chi connectivity index (χ4v) is 0.526. The van der Waals surface area contributed by atoms with Crippen molar-refractivity contribution in [2.75, 3.05) is 0 Å². The van der Waals surface area contributed by atoms with Crippen molar-refractivity contribution in [3.05, 3.63) is 0 Å². The summed E-state index contributed by atoms with van der Waals surface area (Å²) in [6.07, 6.45) is -20.8. The molecule has 0 aliphatic carbocycles. The Labute approximate surface area is 72.6 Å². The van der Waals surface area contributed by atoms with Gasteiger partial charge in [0, 0.05) is 6.92 Å². The van der Waals surface area contributed by atoms with Gasteiger partial charge in [-0.2, -0.15) is 35.1 Å². The first-order valence-electron chi connectivity index (χ1n) is 3.03. The van der Waals surface area contributed by atoms with E-state index in [9.17, 15) is 35.1 Å². The molecule has 0 heterocycles. The molecular weight excluding hydrogens is 228 g/mol. The van der Waals surface area contributed by atoms with Gasteiger partial charge >= 0.3 is 18.5 Å². The van der Waals surface area contributed by atoms with Crippen LogP contribution in [0.5, 0.6) is 0 Å². The Morgan fingerprint density at radius 2 is 1.07 bits per heavy atom. The van der Waals surface area contributed by atoms with Crippen molar-refractivity contribution in [3.63, 3.8) is 0 Å². The molecule has 0 spiro atoms. The van der Waals surface area contributed by atoms with Gasteiger partial charge in [-0.3, -0.25) is 4.74 Å². The molecule has 0 aromatic carbocycles. The van der Waals surface area contributed by atoms with E-state index in [1.54, 1.807) is 0 Å². The second-order valence-electron chi connectivity index (χ2n) is 2.39. The minimum Gasteiger partial charge on any atom is -0.298 e. The zero-order chi connectivity index (χ0) is 11.8. The molecule has 9 heteroatoms. The van der Waals surface area contributed by atoms with Crippen LogP contribution in [0.2, 0.25) is 0 Å². The third-order valence-corrected chi connectivity index (χ3v) is 0.919. The predicted octanol–water partition coefficient (Wildman–Crippen LogP) is 3.11. The first-order chi connectivity index (χ1) is 5.84. The van der Waals surface area contributed by atoms with Crippen LogP contribution in [-0.4, -0.2) is 24.6 Å². The summed E-state index contributed by atoms with van der Waals surface area (Å²) in [5, 5.41) is 0. The van der Waals surface area contributed by atoms with Crippen LogP contribution in [0, 0.1) is 0 Å². The summed E-state index contributed by atoms with van der Waals surface area (Å²) >= 11 is 0. The molecule has 86 valence electrons. The Bertz CT molecular complexity index is 171. The summed E-state index contributed by atoms with van der Waals surface area (Å²) in [5.74, 6) is 0. The molecule has 0 bridgehead atoms. The predicted molar refractivity (Wildman–Crippen MR) is 27.6 cm³/mol. The number of halogens is 8. The molecule has 0 amide bonds. The summed E-state index contributed by atoms with van der Waals surface area (Å²) in [6.45, 7) is -0.211. The molecule has 0 aliphatic heterocycles. The first kappa shape index (κ1) is 13.4. The lowest BCUT2D eigenvalue weighted by Crippen LogP contribution is -2.47. The van der Waals surface area contributed by atoms with Crippen molar-refractivity contribution < 1.29 is 39.9 Å². The topological polar surface area (TPSA) is 9.23 Å². The standard InChI is InChI=1S/C5H4F8O/c1-3(6,7)14-2(4(8,9)10)5(11,12)13/h2H,1H3. The van der Waals surface area contributed by atoms with E-state index < -0.39 is 24.6 Å². The molecule has 0 aromatic heterocycles. The Balaban J connectivity index is 4.78. The highest BCUT2D eigenvalue weighted by atomic mass is 19.4. The number of hydrogen-bond donors (Lipinski definition) is 0. The fraction of sp³-hybridized carbons (Fsp3) is 1.00. The minimum atomic E-state index is -5.92. The van der Waals surface area contributed by atoms with Crippen LogP contribution in [0.4, 0.5) is 35.1 Å². The van der Waals surface area contributed by atoms with Crippen molar-refractivity contribution >= 4 is 0 Å². The van der Waals surface area contributed by atoms with Crippen molar-refractivity contribution in [2.45, 2.75) is 31.5 Å². The van der Waals surface area contributed by atoms with Crippen molar-refractivity contribution in [1.82, 2.24) is 0 Å². The number of alkyl halides is 8. The van der Waals surface area contributed by atoms with Crippen LogP contribution in [-0.2, 0) is 4.74 Å². The van der Waals surface area contributed by atoms with Crippen LogP contribution >= 0.6 is 0 Å². The lowest BCUT2D eigenvalue weighted by molar-refractivity contribution is -0.382. The van der Waals surface area contributed by atoms with Crippen molar-refractivity contribution in [2.24, 2.45) is 0 Å². The van der Waals surface area contributed by atoms with Crippen LogP contribution < -0.4 is 0 Å². The molecule has 1 nitrogen and oxygen atoms in total. The molecule has 14 heavy (non-hydrogen) atoms. The molecule has 0 aromatic rings. The summed E-state index contributed by atoms with van der Waals surface area (Å²) in [5.41, 5.74) is 0. The maximum absolute atomic E-state index is 11.8. The van der Waals surface area contributed by atoms with E-state index in [2.05, 4.69) is 4.74 Å². The van der Waals surface area contributed by atoms with E-state index >= 15 is 0 Å². The summed E-state index contributed by atoms with van der Waals surface area (Å²) in [6, 6.07) is 0. The lowest BCUT2D eigenvalue weighted by Gasteiger charge is -2.25. The molecule has 0 atom stereocenters. The van der Waals surface area contributed by atoms with Gasteiger partial charge in [0.15, 0.2) is 0 Å². The number of hydrogen-bond acceptors (Lipinski definition) is 1. The Hall–Kier alpha value is -0.600. The molecule has 0 saturated heterocycles. The molecule has 0 unspecified atom stereocenters. The molecule has 0 fully saturated rings. The van der Waals surface area contributed by atoms with E-state index in [1.807, 2.05) is 0 Å². The summed E-state index contributed by atoms with van der Waals surface area (Å²) in [7, 11) is 0. The molecule has 0 aliphatic rings. The smallest absolute Gasteiger partial charge is 0.298 e. The van der Waals surface area contributed by atoms with Crippen LogP contribution in [0.25, 0.3) is 0 Å². The summed E-state index contributed by atoms with van der Waals surface area (Å²) < 4.78 is 95.6. The minimum absolute atomic E-state index is 0.211. The van der Waals surface area contributed by atoms with E-state index in [-0.39, 0.29) is 6.92 Å².